The van der Waals surface area contributed by atoms with Gasteiger partial charge in [-0.3, -0.25) is 0 Å². The van der Waals surface area contributed by atoms with Crippen LogP contribution in [-0.2, 0) is 10.9 Å². The monoisotopic (exact) mass is 367 g/mol. The van der Waals surface area contributed by atoms with Crippen LogP contribution < -0.4 is 5.73 Å². The molecule has 124 valence electrons. The molecule has 23 heavy (non-hydrogen) atoms. The number of carbonyl (C=O) groups excluding carboxylic acids is 1. The maximum atomic E-state index is 12.7. The zero-order chi connectivity index (χ0) is 17.4. The highest BCUT2D eigenvalue weighted by atomic mass is 35.5. The van der Waals surface area contributed by atoms with E-state index in [0.717, 1.165) is 10.9 Å². The average Bonchev–Trinajstić information content (AvgIpc) is 2.79. The van der Waals surface area contributed by atoms with Gasteiger partial charge in [0.2, 0.25) is 0 Å². The first-order valence-electron chi connectivity index (χ1n) is 6.24. The van der Waals surface area contributed by atoms with E-state index >= 15 is 0 Å². The van der Waals surface area contributed by atoms with Crippen molar-refractivity contribution in [3.05, 3.63) is 39.5 Å². The van der Waals surface area contributed by atoms with Crippen LogP contribution in [0, 0.1) is 0 Å². The Morgan fingerprint density at radius 2 is 1.91 bits per heavy atom. The number of anilines is 1. The molecule has 1 aromatic heterocycles. The van der Waals surface area contributed by atoms with E-state index in [1.54, 1.807) is 6.92 Å². The van der Waals surface area contributed by atoms with E-state index in [4.69, 9.17) is 33.7 Å². The number of ether oxygens (including phenoxy) is 1. The molecule has 10 heteroatoms. The molecule has 0 atom stereocenters. The number of nitrogen functional groups attached to an aromatic ring is 1. The van der Waals surface area contributed by atoms with Crippen molar-refractivity contribution >= 4 is 35.0 Å². The fourth-order valence-electron chi connectivity index (χ4n) is 1.83. The number of hydrogen-bond donors (Lipinski definition) is 1. The Hall–Kier alpha value is -1.93. The largest absolute Gasteiger partial charge is 0.462 e. The van der Waals surface area contributed by atoms with Gasteiger partial charge in [-0.2, -0.15) is 18.3 Å². The highest BCUT2D eigenvalue weighted by Crippen LogP contribution is 2.38. The molecule has 0 bridgehead atoms. The Balaban J connectivity index is 2.54. The minimum atomic E-state index is -4.60. The molecule has 0 fully saturated rings. The molecule has 0 unspecified atom stereocenters. The maximum Gasteiger partial charge on any atom is 0.416 e. The zero-order valence-electron chi connectivity index (χ0n) is 11.6. The van der Waals surface area contributed by atoms with E-state index in [0.29, 0.717) is 12.1 Å². The summed E-state index contributed by atoms with van der Waals surface area (Å²) in [6.45, 7) is 1.74. The van der Waals surface area contributed by atoms with Crippen LogP contribution in [0.3, 0.4) is 0 Å². The van der Waals surface area contributed by atoms with Crippen molar-refractivity contribution in [1.82, 2.24) is 9.78 Å². The van der Waals surface area contributed by atoms with Crippen molar-refractivity contribution in [2.75, 3.05) is 12.3 Å². The molecule has 1 aromatic carbocycles. The molecule has 0 radical (unpaired) electrons. The fraction of sp³-hybridized carbons (Fsp3) is 0.231. The minimum absolute atomic E-state index is 0.0427. The molecule has 2 aromatic rings. The van der Waals surface area contributed by atoms with Gasteiger partial charge in [0.25, 0.3) is 0 Å². The topological polar surface area (TPSA) is 70.1 Å². The molecule has 0 aliphatic rings. The summed E-state index contributed by atoms with van der Waals surface area (Å²) >= 11 is 11.8. The van der Waals surface area contributed by atoms with Gasteiger partial charge in [-0.05, 0) is 19.1 Å². The van der Waals surface area contributed by atoms with Crippen LogP contribution >= 0.6 is 23.2 Å². The van der Waals surface area contributed by atoms with E-state index in [1.807, 2.05) is 0 Å². The molecule has 0 amide bonds. The number of benzene rings is 1. The van der Waals surface area contributed by atoms with Gasteiger partial charge in [-0.25, -0.2) is 9.48 Å². The third-order valence-electron chi connectivity index (χ3n) is 2.86. The fourth-order valence-corrected chi connectivity index (χ4v) is 2.48. The molecule has 0 saturated heterocycles. The van der Waals surface area contributed by atoms with E-state index < -0.39 is 17.7 Å². The molecular weight excluding hydrogens is 358 g/mol. The van der Waals surface area contributed by atoms with Crippen LogP contribution in [0.25, 0.3) is 5.69 Å². The lowest BCUT2D eigenvalue weighted by Crippen LogP contribution is -2.10. The molecular formula is C13H10Cl2F3N3O2. The van der Waals surface area contributed by atoms with Crippen LogP contribution in [0.4, 0.5) is 19.0 Å². The SMILES string of the molecule is CCOC(=O)c1cnn(-c2c(Cl)cc(C(F)(F)F)cc2Cl)c1N. The Labute approximate surface area is 138 Å². The van der Waals surface area contributed by atoms with Gasteiger partial charge in [-0.15, -0.1) is 0 Å². The summed E-state index contributed by atoms with van der Waals surface area (Å²) in [6.07, 6.45) is -3.48. The van der Waals surface area contributed by atoms with Crippen LogP contribution in [-0.4, -0.2) is 22.4 Å². The van der Waals surface area contributed by atoms with Crippen LogP contribution in [0.2, 0.25) is 10.0 Å². The summed E-state index contributed by atoms with van der Waals surface area (Å²) in [5, 5.41) is 3.22. The second-order valence-electron chi connectivity index (χ2n) is 4.36. The van der Waals surface area contributed by atoms with Gasteiger partial charge in [0.05, 0.1) is 28.4 Å². The summed E-state index contributed by atoms with van der Waals surface area (Å²) in [6, 6.07) is 1.40. The maximum absolute atomic E-state index is 12.7. The van der Waals surface area contributed by atoms with Crippen LogP contribution in [0.15, 0.2) is 18.3 Å². The van der Waals surface area contributed by atoms with E-state index in [9.17, 15) is 18.0 Å². The van der Waals surface area contributed by atoms with Crippen molar-refractivity contribution in [2.45, 2.75) is 13.1 Å². The molecule has 2 N–H and O–H groups in total. The first-order chi connectivity index (χ1) is 10.7. The predicted molar refractivity (Wildman–Crippen MR) is 79.0 cm³/mol. The van der Waals surface area contributed by atoms with Gasteiger partial charge in [-0.1, -0.05) is 23.2 Å². The number of carbonyl (C=O) groups is 1. The van der Waals surface area contributed by atoms with Crippen molar-refractivity contribution < 1.29 is 22.7 Å². The summed E-state index contributed by atoms with van der Waals surface area (Å²) in [5.41, 5.74) is 4.68. The van der Waals surface area contributed by atoms with Crippen LogP contribution in [0.5, 0.6) is 0 Å². The third-order valence-corrected chi connectivity index (χ3v) is 3.43. The summed E-state index contributed by atoms with van der Waals surface area (Å²) in [4.78, 5) is 11.7. The number of hydrogen-bond acceptors (Lipinski definition) is 4. The lowest BCUT2D eigenvalue weighted by molar-refractivity contribution is -0.137. The molecule has 2 rings (SSSR count). The Kier molecular flexibility index (Phi) is 4.76. The number of halogens is 5. The number of alkyl halides is 3. The smallest absolute Gasteiger partial charge is 0.416 e. The number of nitrogens with zero attached hydrogens (tertiary/aromatic N) is 2. The molecule has 0 aliphatic carbocycles. The van der Waals surface area contributed by atoms with Gasteiger partial charge in [0.15, 0.2) is 0 Å². The Morgan fingerprint density at radius 3 is 2.39 bits per heavy atom. The molecule has 0 aliphatic heterocycles. The Bertz CT molecular complexity index is 736. The molecule has 1 heterocycles. The Morgan fingerprint density at radius 1 is 1.35 bits per heavy atom. The van der Waals surface area contributed by atoms with Crippen LogP contribution in [0.1, 0.15) is 22.8 Å². The summed E-state index contributed by atoms with van der Waals surface area (Å²) < 4.78 is 44.0. The third kappa shape index (κ3) is 3.37. The first-order valence-corrected chi connectivity index (χ1v) is 6.99. The van der Waals surface area contributed by atoms with E-state index in [-0.39, 0.29) is 33.7 Å². The van der Waals surface area contributed by atoms with Gasteiger partial charge in [0.1, 0.15) is 17.1 Å². The van der Waals surface area contributed by atoms with Gasteiger partial charge < -0.3 is 10.5 Å². The number of nitrogens with two attached hydrogens (primary N) is 1. The van der Waals surface area contributed by atoms with Gasteiger partial charge in [0, 0.05) is 0 Å². The first kappa shape index (κ1) is 17.4. The number of rotatable bonds is 3. The second kappa shape index (κ2) is 6.29. The quantitative estimate of drug-likeness (QED) is 0.833. The highest BCUT2D eigenvalue weighted by Gasteiger charge is 2.32. The standard InChI is InChI=1S/C13H10Cl2F3N3O2/c1-2-23-12(22)7-5-20-21(11(7)19)10-8(14)3-6(4-9(10)15)13(16,17)18/h3-5H,2,19H2,1H3. The van der Waals surface area contributed by atoms with E-state index in [1.165, 1.54) is 0 Å². The summed E-state index contributed by atoms with van der Waals surface area (Å²) in [7, 11) is 0. The molecule has 0 saturated carbocycles. The number of esters is 1. The zero-order valence-corrected chi connectivity index (χ0v) is 13.1. The predicted octanol–water partition coefficient (Wildman–Crippen LogP) is 3.96. The molecule has 0 spiro atoms. The summed E-state index contributed by atoms with van der Waals surface area (Å²) in [5.74, 6) is -0.859. The van der Waals surface area contributed by atoms with Crippen molar-refractivity contribution in [1.29, 1.82) is 0 Å². The highest BCUT2D eigenvalue weighted by molar-refractivity contribution is 6.38. The van der Waals surface area contributed by atoms with Gasteiger partial charge >= 0.3 is 12.1 Å². The minimum Gasteiger partial charge on any atom is -0.462 e. The lowest BCUT2D eigenvalue weighted by atomic mass is 10.2. The average molecular weight is 368 g/mol. The number of aromatic nitrogens is 2. The van der Waals surface area contributed by atoms with Crippen molar-refractivity contribution in [3.8, 4) is 5.69 Å². The van der Waals surface area contributed by atoms with Crippen molar-refractivity contribution in [2.24, 2.45) is 0 Å². The normalized spacial score (nSPS) is 11.6. The molecule has 5 nitrogen and oxygen atoms in total. The lowest BCUT2D eigenvalue weighted by Gasteiger charge is -2.13. The van der Waals surface area contributed by atoms with E-state index in [2.05, 4.69) is 5.10 Å². The second-order valence-corrected chi connectivity index (χ2v) is 5.18. The van der Waals surface area contributed by atoms with Crippen molar-refractivity contribution in [3.63, 3.8) is 0 Å².